The molecule has 0 aliphatic heterocycles. The lowest BCUT2D eigenvalue weighted by molar-refractivity contribution is 0.448. The smallest absolute Gasteiger partial charge is 0.131 e. The van der Waals surface area contributed by atoms with Crippen molar-refractivity contribution >= 4 is 5.69 Å². The molecule has 0 aromatic heterocycles. The third-order valence-corrected chi connectivity index (χ3v) is 2.95. The maximum atomic E-state index is 9.45. The zero-order valence-electron chi connectivity index (χ0n) is 11.8. The zero-order chi connectivity index (χ0) is 15.4. The molecule has 0 aliphatic carbocycles. The SMILES string of the molecule is Nc1cccc(Oc2cccc(Oc3cccc(O)c3)c2)c1. The van der Waals surface area contributed by atoms with Gasteiger partial charge in [0.2, 0.25) is 0 Å². The molecule has 0 radical (unpaired) electrons. The molecule has 0 aliphatic rings. The summed E-state index contributed by atoms with van der Waals surface area (Å²) in [5.41, 5.74) is 6.37. The van der Waals surface area contributed by atoms with Gasteiger partial charge in [0.05, 0.1) is 0 Å². The quantitative estimate of drug-likeness (QED) is 0.692. The van der Waals surface area contributed by atoms with Gasteiger partial charge in [-0.3, -0.25) is 0 Å². The predicted molar refractivity (Wildman–Crippen MR) is 85.6 cm³/mol. The first-order valence-corrected chi connectivity index (χ1v) is 6.79. The highest BCUT2D eigenvalue weighted by Gasteiger charge is 2.02. The van der Waals surface area contributed by atoms with Crippen LogP contribution in [0.25, 0.3) is 0 Å². The van der Waals surface area contributed by atoms with Gasteiger partial charge in [-0.2, -0.15) is 0 Å². The average Bonchev–Trinajstić information content (AvgIpc) is 2.47. The number of anilines is 1. The highest BCUT2D eigenvalue weighted by atomic mass is 16.5. The third-order valence-electron chi connectivity index (χ3n) is 2.95. The van der Waals surface area contributed by atoms with E-state index < -0.39 is 0 Å². The number of aromatic hydroxyl groups is 1. The summed E-state index contributed by atoms with van der Waals surface area (Å²) in [5, 5.41) is 9.45. The summed E-state index contributed by atoms with van der Waals surface area (Å²) in [6.07, 6.45) is 0. The highest BCUT2D eigenvalue weighted by molar-refractivity contribution is 5.46. The molecule has 110 valence electrons. The lowest BCUT2D eigenvalue weighted by Gasteiger charge is -2.09. The lowest BCUT2D eigenvalue weighted by Crippen LogP contribution is -1.89. The van der Waals surface area contributed by atoms with Crippen LogP contribution in [0.15, 0.2) is 72.8 Å². The summed E-state index contributed by atoms with van der Waals surface area (Å²) < 4.78 is 11.4. The molecule has 22 heavy (non-hydrogen) atoms. The number of benzene rings is 3. The Morgan fingerprint density at radius 1 is 0.636 bits per heavy atom. The number of hydrogen-bond acceptors (Lipinski definition) is 4. The summed E-state index contributed by atoms with van der Waals surface area (Å²) in [6, 6.07) is 21.1. The van der Waals surface area contributed by atoms with Gasteiger partial charge in [-0.15, -0.1) is 0 Å². The zero-order valence-corrected chi connectivity index (χ0v) is 11.8. The lowest BCUT2D eigenvalue weighted by atomic mass is 10.3. The number of phenols is 1. The van der Waals surface area contributed by atoms with Crippen LogP contribution in [-0.2, 0) is 0 Å². The Hall–Kier alpha value is -3.14. The Morgan fingerprint density at radius 3 is 1.73 bits per heavy atom. The van der Waals surface area contributed by atoms with E-state index in [1.165, 1.54) is 0 Å². The van der Waals surface area contributed by atoms with E-state index in [0.29, 0.717) is 28.7 Å². The first-order valence-electron chi connectivity index (χ1n) is 6.79. The van der Waals surface area contributed by atoms with Crippen molar-refractivity contribution in [2.45, 2.75) is 0 Å². The minimum Gasteiger partial charge on any atom is -0.508 e. The molecule has 4 nitrogen and oxygen atoms in total. The van der Waals surface area contributed by atoms with Crippen LogP contribution in [0.2, 0.25) is 0 Å². The van der Waals surface area contributed by atoms with Gasteiger partial charge in [-0.05, 0) is 36.4 Å². The van der Waals surface area contributed by atoms with Crippen LogP contribution in [0, 0.1) is 0 Å². The number of nitrogens with two attached hydrogens (primary N) is 1. The summed E-state index contributed by atoms with van der Waals surface area (Å²) in [4.78, 5) is 0. The van der Waals surface area contributed by atoms with Crippen molar-refractivity contribution in [1.82, 2.24) is 0 Å². The number of nitrogen functional groups attached to an aromatic ring is 1. The molecule has 3 rings (SSSR count). The first kappa shape index (κ1) is 13.8. The number of phenolic OH excluding ortho intramolecular Hbond substituents is 1. The fraction of sp³-hybridized carbons (Fsp3) is 0. The van der Waals surface area contributed by atoms with E-state index in [9.17, 15) is 5.11 Å². The molecule has 0 unspecified atom stereocenters. The molecule has 0 bridgehead atoms. The van der Waals surface area contributed by atoms with Gasteiger partial charge in [0.15, 0.2) is 0 Å². The summed E-state index contributed by atoms with van der Waals surface area (Å²) >= 11 is 0. The fourth-order valence-electron chi connectivity index (χ4n) is 2.00. The minimum atomic E-state index is 0.157. The normalized spacial score (nSPS) is 10.2. The molecule has 3 N–H and O–H groups in total. The maximum Gasteiger partial charge on any atom is 0.131 e. The van der Waals surface area contributed by atoms with Crippen molar-refractivity contribution in [2.75, 3.05) is 5.73 Å². The number of rotatable bonds is 4. The highest BCUT2D eigenvalue weighted by Crippen LogP contribution is 2.29. The van der Waals surface area contributed by atoms with Gasteiger partial charge in [-0.25, -0.2) is 0 Å². The van der Waals surface area contributed by atoms with Crippen molar-refractivity contribution in [1.29, 1.82) is 0 Å². The number of ether oxygens (including phenoxy) is 2. The van der Waals surface area contributed by atoms with E-state index in [2.05, 4.69) is 0 Å². The van der Waals surface area contributed by atoms with Gasteiger partial charge in [-0.1, -0.05) is 18.2 Å². The second-order valence-electron chi connectivity index (χ2n) is 4.75. The predicted octanol–water partition coefficient (Wildman–Crippen LogP) is 4.56. The summed E-state index contributed by atoms with van der Waals surface area (Å²) in [7, 11) is 0. The minimum absolute atomic E-state index is 0.157. The molecule has 0 fully saturated rings. The van der Waals surface area contributed by atoms with E-state index in [0.717, 1.165) is 0 Å². The molecule has 0 spiro atoms. The molecule has 0 heterocycles. The van der Waals surface area contributed by atoms with E-state index in [1.807, 2.05) is 30.3 Å². The van der Waals surface area contributed by atoms with E-state index in [-0.39, 0.29) is 5.75 Å². The second kappa shape index (κ2) is 6.10. The Kier molecular flexibility index (Phi) is 3.83. The Morgan fingerprint density at radius 2 is 1.14 bits per heavy atom. The van der Waals surface area contributed by atoms with Crippen LogP contribution in [0.3, 0.4) is 0 Å². The van der Waals surface area contributed by atoms with Crippen molar-refractivity contribution in [3.8, 4) is 28.7 Å². The molecule has 0 saturated heterocycles. The Bertz CT molecular complexity index is 724. The summed E-state index contributed by atoms with van der Waals surface area (Å²) in [5.74, 6) is 2.63. The molecular formula is C18H15NO3. The van der Waals surface area contributed by atoms with E-state index in [4.69, 9.17) is 15.2 Å². The molecule has 0 amide bonds. The Labute approximate surface area is 128 Å². The van der Waals surface area contributed by atoms with Gasteiger partial charge < -0.3 is 20.3 Å². The number of hydrogen-bond donors (Lipinski definition) is 2. The van der Waals surface area contributed by atoms with Crippen molar-refractivity contribution in [3.63, 3.8) is 0 Å². The second-order valence-corrected chi connectivity index (χ2v) is 4.75. The standard InChI is InChI=1S/C18H15NO3/c19-13-4-1-6-15(10-13)21-17-8-3-9-18(12-17)22-16-7-2-5-14(20)11-16/h1-12,20H,19H2. The molecule has 3 aromatic rings. The van der Waals surface area contributed by atoms with Crippen LogP contribution in [0.1, 0.15) is 0 Å². The van der Waals surface area contributed by atoms with Gasteiger partial charge in [0.25, 0.3) is 0 Å². The molecule has 0 atom stereocenters. The monoisotopic (exact) mass is 293 g/mol. The average molecular weight is 293 g/mol. The largest absolute Gasteiger partial charge is 0.508 e. The third kappa shape index (κ3) is 3.49. The van der Waals surface area contributed by atoms with Crippen LogP contribution < -0.4 is 15.2 Å². The van der Waals surface area contributed by atoms with Crippen LogP contribution in [0.5, 0.6) is 28.7 Å². The molecule has 4 heteroatoms. The van der Waals surface area contributed by atoms with Crippen molar-refractivity contribution in [2.24, 2.45) is 0 Å². The fourth-order valence-corrected chi connectivity index (χ4v) is 2.00. The molecule has 3 aromatic carbocycles. The Balaban J connectivity index is 1.78. The van der Waals surface area contributed by atoms with Crippen molar-refractivity contribution < 1.29 is 14.6 Å². The van der Waals surface area contributed by atoms with Crippen molar-refractivity contribution in [3.05, 3.63) is 72.8 Å². The van der Waals surface area contributed by atoms with Gasteiger partial charge in [0.1, 0.15) is 28.7 Å². The van der Waals surface area contributed by atoms with E-state index in [1.54, 1.807) is 42.5 Å². The van der Waals surface area contributed by atoms with Crippen LogP contribution in [-0.4, -0.2) is 5.11 Å². The van der Waals surface area contributed by atoms with Crippen LogP contribution >= 0.6 is 0 Å². The van der Waals surface area contributed by atoms with Gasteiger partial charge >= 0.3 is 0 Å². The molecular weight excluding hydrogens is 278 g/mol. The summed E-state index contributed by atoms with van der Waals surface area (Å²) in [6.45, 7) is 0. The van der Waals surface area contributed by atoms with Gasteiger partial charge in [0, 0.05) is 23.9 Å². The maximum absolute atomic E-state index is 9.45. The topological polar surface area (TPSA) is 64.7 Å². The van der Waals surface area contributed by atoms with E-state index >= 15 is 0 Å². The molecule has 0 saturated carbocycles. The first-order chi connectivity index (χ1) is 10.7. The van der Waals surface area contributed by atoms with Crippen LogP contribution in [0.4, 0.5) is 5.69 Å².